The van der Waals surface area contributed by atoms with E-state index in [1.165, 1.54) is 0 Å². The number of nitrogens with zero attached hydrogens (tertiary/aromatic N) is 1. The summed E-state index contributed by atoms with van der Waals surface area (Å²) in [6.45, 7) is 1.71. The Hall–Kier alpha value is -3.60. The van der Waals surface area contributed by atoms with Gasteiger partial charge in [-0.25, -0.2) is 5.43 Å². The van der Waals surface area contributed by atoms with Crippen LogP contribution in [0.25, 0.3) is 11.1 Å². The van der Waals surface area contributed by atoms with Crippen molar-refractivity contribution in [3.63, 3.8) is 0 Å². The van der Waals surface area contributed by atoms with Crippen LogP contribution in [-0.4, -0.2) is 18.2 Å². The third kappa shape index (κ3) is 5.19. The number of nitrogens with one attached hydrogen (secondary N) is 1. The molecule has 0 atom stereocenters. The second-order valence-corrected chi connectivity index (χ2v) is 6.03. The number of hydrazone groups is 1. The quantitative estimate of drug-likeness (QED) is 0.399. The molecule has 0 aliphatic rings. The predicted molar refractivity (Wildman–Crippen MR) is 109 cm³/mol. The average molecular weight is 359 g/mol. The lowest BCUT2D eigenvalue weighted by molar-refractivity contribution is -0.123. The van der Waals surface area contributed by atoms with E-state index >= 15 is 0 Å². The smallest absolute Gasteiger partial charge is 0.277 e. The number of benzene rings is 3. The minimum Gasteiger partial charge on any atom is -0.484 e. The molecule has 0 heterocycles. The number of hydrogen-bond donors (Lipinski definition) is 2. The van der Waals surface area contributed by atoms with E-state index in [0.29, 0.717) is 17.1 Å². The number of rotatable bonds is 6. The molecule has 3 aromatic carbocycles. The van der Waals surface area contributed by atoms with E-state index in [-0.39, 0.29) is 12.5 Å². The first-order valence-corrected chi connectivity index (χ1v) is 8.59. The summed E-state index contributed by atoms with van der Waals surface area (Å²) in [7, 11) is 0. The third-order valence-corrected chi connectivity index (χ3v) is 4.01. The van der Waals surface area contributed by atoms with E-state index in [0.717, 1.165) is 16.7 Å². The highest BCUT2D eigenvalue weighted by molar-refractivity contribution is 5.99. The van der Waals surface area contributed by atoms with Crippen LogP contribution in [0.15, 0.2) is 84.0 Å². The van der Waals surface area contributed by atoms with Crippen LogP contribution in [0.4, 0.5) is 5.69 Å². The van der Waals surface area contributed by atoms with Gasteiger partial charge in [-0.3, -0.25) is 4.79 Å². The molecule has 0 spiro atoms. The standard InChI is InChI=1S/C22H21N3O2/c1-16(17-7-11-20(23)12-8-17)24-25-22(26)15-27-21-13-9-19(10-14-21)18-5-3-2-4-6-18/h2-14H,15,23H2,1H3,(H,25,26)/b24-16-. The van der Waals surface area contributed by atoms with Crippen LogP contribution in [0.3, 0.4) is 0 Å². The molecule has 5 nitrogen and oxygen atoms in total. The average Bonchev–Trinajstić information content (AvgIpc) is 2.72. The molecule has 3 aromatic rings. The zero-order valence-corrected chi connectivity index (χ0v) is 15.1. The molecule has 0 saturated carbocycles. The molecule has 27 heavy (non-hydrogen) atoms. The molecule has 0 fully saturated rings. The Morgan fingerprint density at radius 2 is 1.56 bits per heavy atom. The lowest BCUT2D eigenvalue weighted by Crippen LogP contribution is -2.25. The SMILES string of the molecule is C/C(=N/NC(=O)COc1ccc(-c2ccccc2)cc1)c1ccc(N)cc1. The van der Waals surface area contributed by atoms with Crippen molar-refractivity contribution in [2.75, 3.05) is 12.3 Å². The van der Waals surface area contributed by atoms with Crippen LogP contribution in [-0.2, 0) is 4.79 Å². The zero-order valence-electron chi connectivity index (χ0n) is 15.1. The monoisotopic (exact) mass is 359 g/mol. The second-order valence-electron chi connectivity index (χ2n) is 6.03. The van der Waals surface area contributed by atoms with Gasteiger partial charge in [0.2, 0.25) is 0 Å². The highest BCUT2D eigenvalue weighted by atomic mass is 16.5. The molecular formula is C22H21N3O2. The van der Waals surface area contributed by atoms with Crippen LogP contribution in [0.2, 0.25) is 0 Å². The van der Waals surface area contributed by atoms with E-state index in [2.05, 4.69) is 10.5 Å². The Bertz CT molecular complexity index is 918. The fourth-order valence-corrected chi connectivity index (χ4v) is 2.49. The fourth-order valence-electron chi connectivity index (χ4n) is 2.49. The van der Waals surface area contributed by atoms with Crippen molar-refractivity contribution in [2.24, 2.45) is 5.10 Å². The first-order chi connectivity index (χ1) is 13.1. The molecule has 0 aliphatic heterocycles. The second kappa shape index (κ2) is 8.67. The summed E-state index contributed by atoms with van der Waals surface area (Å²) in [5, 5.41) is 4.09. The van der Waals surface area contributed by atoms with Gasteiger partial charge in [-0.15, -0.1) is 0 Å². The van der Waals surface area contributed by atoms with Gasteiger partial charge in [0.1, 0.15) is 5.75 Å². The number of carbonyl (C=O) groups excluding carboxylic acids is 1. The van der Waals surface area contributed by atoms with Gasteiger partial charge < -0.3 is 10.5 Å². The van der Waals surface area contributed by atoms with Gasteiger partial charge in [0.25, 0.3) is 5.91 Å². The topological polar surface area (TPSA) is 76.7 Å². The van der Waals surface area contributed by atoms with Crippen LogP contribution in [0.5, 0.6) is 5.75 Å². The van der Waals surface area contributed by atoms with Crippen molar-refractivity contribution in [3.05, 3.63) is 84.4 Å². The predicted octanol–water partition coefficient (Wildman–Crippen LogP) is 3.86. The van der Waals surface area contributed by atoms with Gasteiger partial charge in [-0.05, 0) is 47.9 Å². The molecule has 0 bridgehead atoms. The summed E-state index contributed by atoms with van der Waals surface area (Å²) >= 11 is 0. The number of ether oxygens (including phenoxy) is 1. The maximum absolute atomic E-state index is 11.9. The van der Waals surface area contributed by atoms with Crippen molar-refractivity contribution < 1.29 is 9.53 Å². The van der Waals surface area contributed by atoms with Crippen LogP contribution < -0.4 is 15.9 Å². The van der Waals surface area contributed by atoms with E-state index in [9.17, 15) is 4.79 Å². The highest BCUT2D eigenvalue weighted by Gasteiger charge is 2.04. The van der Waals surface area contributed by atoms with Crippen molar-refractivity contribution in [1.29, 1.82) is 0 Å². The third-order valence-electron chi connectivity index (χ3n) is 4.01. The summed E-state index contributed by atoms with van der Waals surface area (Å²) in [5.41, 5.74) is 12.6. The maximum atomic E-state index is 11.9. The molecule has 0 radical (unpaired) electrons. The molecule has 3 N–H and O–H groups in total. The van der Waals surface area contributed by atoms with Crippen molar-refractivity contribution >= 4 is 17.3 Å². The Balaban J connectivity index is 1.51. The number of amides is 1. The lowest BCUT2D eigenvalue weighted by atomic mass is 10.1. The Kier molecular flexibility index (Phi) is 5.84. The van der Waals surface area contributed by atoms with Crippen molar-refractivity contribution in [2.45, 2.75) is 6.92 Å². The summed E-state index contributed by atoms with van der Waals surface area (Å²) < 4.78 is 5.51. The van der Waals surface area contributed by atoms with Gasteiger partial charge in [-0.1, -0.05) is 54.6 Å². The number of nitrogen functional groups attached to an aromatic ring is 1. The fraction of sp³-hybridized carbons (Fsp3) is 0.0909. The minimum absolute atomic E-state index is 0.108. The number of carbonyl (C=O) groups is 1. The first kappa shape index (κ1) is 18.2. The Morgan fingerprint density at radius 3 is 2.22 bits per heavy atom. The van der Waals surface area contributed by atoms with Gasteiger partial charge in [0.15, 0.2) is 6.61 Å². The number of nitrogens with two attached hydrogens (primary N) is 1. The van der Waals surface area contributed by atoms with E-state index in [1.807, 2.05) is 73.7 Å². The molecule has 3 rings (SSSR count). The molecule has 0 unspecified atom stereocenters. The molecule has 0 aromatic heterocycles. The molecule has 5 heteroatoms. The Labute approximate surface area is 158 Å². The van der Waals surface area contributed by atoms with E-state index in [1.54, 1.807) is 12.1 Å². The highest BCUT2D eigenvalue weighted by Crippen LogP contribution is 2.21. The normalized spacial score (nSPS) is 11.1. The van der Waals surface area contributed by atoms with Gasteiger partial charge >= 0.3 is 0 Å². The minimum atomic E-state index is -0.322. The zero-order chi connectivity index (χ0) is 19.1. The number of hydrogen-bond acceptors (Lipinski definition) is 4. The van der Waals surface area contributed by atoms with Crippen LogP contribution in [0.1, 0.15) is 12.5 Å². The number of anilines is 1. The molecule has 136 valence electrons. The van der Waals surface area contributed by atoms with Crippen LogP contribution >= 0.6 is 0 Å². The summed E-state index contributed by atoms with van der Waals surface area (Å²) in [6.07, 6.45) is 0. The Morgan fingerprint density at radius 1 is 0.926 bits per heavy atom. The lowest BCUT2D eigenvalue weighted by Gasteiger charge is -2.07. The van der Waals surface area contributed by atoms with E-state index in [4.69, 9.17) is 10.5 Å². The molecule has 0 saturated heterocycles. The van der Waals surface area contributed by atoms with Crippen molar-refractivity contribution in [1.82, 2.24) is 5.43 Å². The van der Waals surface area contributed by atoms with Gasteiger partial charge in [0, 0.05) is 5.69 Å². The van der Waals surface area contributed by atoms with Gasteiger partial charge in [-0.2, -0.15) is 5.10 Å². The van der Waals surface area contributed by atoms with Gasteiger partial charge in [0.05, 0.1) is 5.71 Å². The maximum Gasteiger partial charge on any atom is 0.277 e. The summed E-state index contributed by atoms with van der Waals surface area (Å²) in [5.74, 6) is 0.306. The largest absolute Gasteiger partial charge is 0.484 e. The van der Waals surface area contributed by atoms with Crippen LogP contribution in [0, 0.1) is 0 Å². The molecular weight excluding hydrogens is 338 g/mol. The molecule has 0 aliphatic carbocycles. The summed E-state index contributed by atoms with van der Waals surface area (Å²) in [6, 6.07) is 25.0. The summed E-state index contributed by atoms with van der Waals surface area (Å²) in [4.78, 5) is 11.9. The molecule has 1 amide bonds. The first-order valence-electron chi connectivity index (χ1n) is 8.59. The van der Waals surface area contributed by atoms with Crippen molar-refractivity contribution in [3.8, 4) is 16.9 Å². The van der Waals surface area contributed by atoms with E-state index < -0.39 is 0 Å².